The molecule has 0 N–H and O–H groups in total. The van der Waals surface area contributed by atoms with Gasteiger partial charge in [0.15, 0.2) is 16.5 Å². The molecule has 0 bridgehead atoms. The van der Waals surface area contributed by atoms with Gasteiger partial charge < -0.3 is 9.47 Å². The van der Waals surface area contributed by atoms with Crippen molar-refractivity contribution in [2.75, 3.05) is 0 Å². The smallest absolute Gasteiger partial charge is 0.308 e. The second kappa shape index (κ2) is 6.57. The Morgan fingerprint density at radius 3 is 2.38 bits per heavy atom. The van der Waals surface area contributed by atoms with Gasteiger partial charge in [-0.15, -0.1) is 0 Å². The van der Waals surface area contributed by atoms with Crippen LogP contribution in [0.4, 0.5) is 0 Å². The van der Waals surface area contributed by atoms with Crippen molar-refractivity contribution >= 4 is 38.5 Å². The van der Waals surface area contributed by atoms with Crippen molar-refractivity contribution in [1.82, 2.24) is 9.38 Å². The van der Waals surface area contributed by atoms with Crippen molar-refractivity contribution in [3.63, 3.8) is 0 Å². The maximum Gasteiger partial charge on any atom is 0.308 e. The molecule has 8 nitrogen and oxygen atoms in total. The minimum atomic E-state index is -0.587. The SMILES string of the molecule is CCc1c(C#N)c(=O)nc2sc3cc(OC(C)=O)c(OC(C)=O)cc3n12. The summed E-state index contributed by atoms with van der Waals surface area (Å²) in [5.74, 6) is -0.976. The number of esters is 2. The Morgan fingerprint density at radius 1 is 1.23 bits per heavy atom. The molecule has 0 atom stereocenters. The number of hydrogen-bond donors (Lipinski definition) is 0. The zero-order chi connectivity index (χ0) is 19.0. The number of carbonyl (C=O) groups excluding carboxylic acids is 2. The van der Waals surface area contributed by atoms with Crippen molar-refractivity contribution in [3.05, 3.63) is 33.7 Å². The van der Waals surface area contributed by atoms with E-state index in [0.29, 0.717) is 27.3 Å². The largest absolute Gasteiger partial charge is 0.423 e. The molecule has 0 aliphatic heterocycles. The number of ether oxygens (including phenoxy) is 2. The second-order valence-electron chi connectivity index (χ2n) is 5.38. The summed E-state index contributed by atoms with van der Waals surface area (Å²) in [7, 11) is 0. The highest BCUT2D eigenvalue weighted by Gasteiger charge is 2.19. The van der Waals surface area contributed by atoms with Gasteiger partial charge in [-0.25, -0.2) is 0 Å². The van der Waals surface area contributed by atoms with Crippen LogP contribution in [0, 0.1) is 11.3 Å². The average molecular weight is 371 g/mol. The molecule has 0 saturated heterocycles. The number of thiazole rings is 1. The van der Waals surface area contributed by atoms with Gasteiger partial charge in [-0.2, -0.15) is 10.2 Å². The van der Waals surface area contributed by atoms with Crippen molar-refractivity contribution in [2.24, 2.45) is 0 Å². The molecule has 1 aromatic carbocycles. The Balaban J connectivity index is 2.42. The fourth-order valence-electron chi connectivity index (χ4n) is 2.66. The molecule has 0 saturated carbocycles. The van der Waals surface area contributed by atoms with Gasteiger partial charge in [-0.3, -0.25) is 18.8 Å². The van der Waals surface area contributed by atoms with Crippen LogP contribution in [-0.4, -0.2) is 21.3 Å². The van der Waals surface area contributed by atoms with E-state index in [1.165, 1.54) is 31.3 Å². The number of carbonyl (C=O) groups is 2. The van der Waals surface area contributed by atoms with E-state index in [4.69, 9.17) is 9.47 Å². The number of benzene rings is 1. The first-order valence-electron chi connectivity index (χ1n) is 7.64. The van der Waals surface area contributed by atoms with Gasteiger partial charge in [-0.05, 0) is 6.42 Å². The Kier molecular flexibility index (Phi) is 4.44. The van der Waals surface area contributed by atoms with Crippen molar-refractivity contribution in [1.29, 1.82) is 5.26 Å². The third kappa shape index (κ3) is 2.91. The number of nitrogens with zero attached hydrogens (tertiary/aromatic N) is 3. The van der Waals surface area contributed by atoms with E-state index in [2.05, 4.69) is 4.98 Å². The van der Waals surface area contributed by atoms with Crippen LogP contribution in [0.3, 0.4) is 0 Å². The van der Waals surface area contributed by atoms with Crippen LogP contribution in [-0.2, 0) is 16.0 Å². The number of aryl methyl sites for hydroxylation is 1. The fourth-order valence-corrected chi connectivity index (χ4v) is 3.71. The molecule has 3 rings (SSSR count). The molecule has 132 valence electrons. The van der Waals surface area contributed by atoms with Gasteiger partial charge in [0.1, 0.15) is 11.6 Å². The Hall–Kier alpha value is -3.25. The fraction of sp³-hybridized carbons (Fsp3) is 0.235. The third-order valence-corrected chi connectivity index (χ3v) is 4.59. The zero-order valence-electron chi connectivity index (χ0n) is 14.2. The first kappa shape index (κ1) is 17.6. The van der Waals surface area contributed by atoms with Crippen molar-refractivity contribution < 1.29 is 19.1 Å². The summed E-state index contributed by atoms with van der Waals surface area (Å²) in [6.07, 6.45) is 0.433. The molecule has 0 radical (unpaired) electrons. The summed E-state index contributed by atoms with van der Waals surface area (Å²) < 4.78 is 12.6. The summed E-state index contributed by atoms with van der Waals surface area (Å²) in [4.78, 5) is 39.2. The summed E-state index contributed by atoms with van der Waals surface area (Å²) >= 11 is 1.20. The highest BCUT2D eigenvalue weighted by molar-refractivity contribution is 7.23. The van der Waals surface area contributed by atoms with E-state index in [-0.39, 0.29) is 17.1 Å². The second-order valence-corrected chi connectivity index (χ2v) is 6.39. The third-order valence-electron chi connectivity index (χ3n) is 3.58. The topological polar surface area (TPSA) is 111 Å². The molecule has 0 unspecified atom stereocenters. The van der Waals surface area contributed by atoms with Gasteiger partial charge >= 0.3 is 11.9 Å². The van der Waals surface area contributed by atoms with E-state index >= 15 is 0 Å². The van der Waals surface area contributed by atoms with Crippen LogP contribution >= 0.6 is 11.3 Å². The standard InChI is InChI=1S/C17H13N3O5S/c1-4-11-10(7-18)16(23)19-17-20(11)12-5-13(24-8(2)21)14(25-9(3)22)6-15(12)26-17/h5-6H,4H2,1-3H3. The lowest BCUT2D eigenvalue weighted by atomic mass is 10.2. The van der Waals surface area contributed by atoms with E-state index in [9.17, 15) is 19.6 Å². The monoisotopic (exact) mass is 371 g/mol. The molecule has 0 fully saturated rings. The lowest BCUT2D eigenvalue weighted by molar-refractivity contribution is -0.134. The minimum Gasteiger partial charge on any atom is -0.423 e. The number of hydrogen-bond acceptors (Lipinski definition) is 8. The molecular formula is C17H13N3O5S. The molecule has 2 aromatic heterocycles. The van der Waals surface area contributed by atoms with Gasteiger partial charge in [0.2, 0.25) is 0 Å². The molecule has 0 spiro atoms. The first-order valence-corrected chi connectivity index (χ1v) is 8.46. The van der Waals surface area contributed by atoms with E-state index < -0.39 is 17.5 Å². The predicted octanol–water partition coefficient (Wildman–Crippen LogP) is 2.19. The van der Waals surface area contributed by atoms with Crippen LogP contribution in [0.2, 0.25) is 0 Å². The quantitative estimate of drug-likeness (QED) is 0.512. The predicted molar refractivity (Wildman–Crippen MR) is 93.6 cm³/mol. The minimum absolute atomic E-state index is 0.0252. The normalized spacial score (nSPS) is 10.7. The zero-order valence-corrected chi connectivity index (χ0v) is 15.0. The molecule has 0 aliphatic carbocycles. The van der Waals surface area contributed by atoms with Crippen LogP contribution in [0.25, 0.3) is 15.2 Å². The first-order chi connectivity index (χ1) is 12.3. The molecule has 0 aliphatic rings. The Labute approximate surface area is 151 Å². The maximum absolute atomic E-state index is 12.1. The molecule has 3 aromatic rings. The number of aromatic nitrogens is 2. The van der Waals surface area contributed by atoms with E-state index in [1.807, 2.05) is 13.0 Å². The highest BCUT2D eigenvalue weighted by atomic mass is 32.1. The van der Waals surface area contributed by atoms with E-state index in [0.717, 1.165) is 0 Å². The molecule has 9 heteroatoms. The van der Waals surface area contributed by atoms with Crippen LogP contribution < -0.4 is 15.0 Å². The lowest BCUT2D eigenvalue weighted by Gasteiger charge is -2.10. The average Bonchev–Trinajstić information content (AvgIpc) is 2.89. The van der Waals surface area contributed by atoms with Gasteiger partial charge in [-0.1, -0.05) is 18.3 Å². The van der Waals surface area contributed by atoms with Crippen LogP contribution in [0.15, 0.2) is 16.9 Å². The van der Waals surface area contributed by atoms with Crippen molar-refractivity contribution in [3.8, 4) is 17.6 Å². The summed E-state index contributed by atoms with van der Waals surface area (Å²) in [6, 6.07) is 4.98. The van der Waals surface area contributed by atoms with Crippen molar-refractivity contribution in [2.45, 2.75) is 27.2 Å². The molecular weight excluding hydrogens is 358 g/mol. The van der Waals surface area contributed by atoms with E-state index in [1.54, 1.807) is 10.5 Å². The molecule has 26 heavy (non-hydrogen) atoms. The Morgan fingerprint density at radius 2 is 1.85 bits per heavy atom. The lowest BCUT2D eigenvalue weighted by Crippen LogP contribution is -2.16. The van der Waals surface area contributed by atoms with Crippen LogP contribution in [0.1, 0.15) is 32.0 Å². The Bertz CT molecular complexity index is 1170. The molecule has 0 amide bonds. The summed E-state index contributed by atoms with van der Waals surface area (Å²) in [5, 5.41) is 9.29. The van der Waals surface area contributed by atoms with Gasteiger partial charge in [0.05, 0.1) is 10.2 Å². The number of rotatable bonds is 3. The number of nitriles is 1. The van der Waals surface area contributed by atoms with Gasteiger partial charge in [0, 0.05) is 31.7 Å². The number of fused-ring (bicyclic) bond motifs is 3. The summed E-state index contributed by atoms with van der Waals surface area (Å²) in [5.41, 5.74) is 0.500. The maximum atomic E-state index is 12.1. The summed E-state index contributed by atoms with van der Waals surface area (Å²) in [6.45, 7) is 4.30. The molecule has 2 heterocycles. The van der Waals surface area contributed by atoms with Gasteiger partial charge in [0.25, 0.3) is 5.56 Å². The van der Waals surface area contributed by atoms with Crippen LogP contribution in [0.5, 0.6) is 11.5 Å². The highest BCUT2D eigenvalue weighted by Crippen LogP contribution is 2.37.